The molecule has 1 aliphatic heterocycles. The Morgan fingerprint density at radius 2 is 1.96 bits per heavy atom. The van der Waals surface area contributed by atoms with Crippen molar-refractivity contribution in [3.63, 3.8) is 0 Å². The van der Waals surface area contributed by atoms with E-state index >= 15 is 0 Å². The third-order valence-corrected chi connectivity index (χ3v) is 5.83. The summed E-state index contributed by atoms with van der Waals surface area (Å²) in [6, 6.07) is 8.30. The van der Waals surface area contributed by atoms with Crippen molar-refractivity contribution in [3.8, 4) is 0 Å². The zero-order valence-corrected chi connectivity index (χ0v) is 14.9. The number of carboxylic acids is 1. The third kappa shape index (κ3) is 3.12. The molecule has 0 unspecified atom stereocenters. The number of aliphatic hydroxyl groups excluding tert-OH is 1. The summed E-state index contributed by atoms with van der Waals surface area (Å²) in [5.41, 5.74) is -0.896. The Balaban J connectivity index is 1.70. The molecule has 3 N–H and O–H groups in total. The van der Waals surface area contributed by atoms with E-state index in [9.17, 15) is 24.6 Å². The Morgan fingerprint density at radius 3 is 2.67 bits per heavy atom. The lowest BCUT2D eigenvalue weighted by molar-refractivity contribution is -0.163. The minimum Gasteiger partial charge on any atom is -0.481 e. The van der Waals surface area contributed by atoms with Gasteiger partial charge in [-0.05, 0) is 24.8 Å². The third-order valence-electron chi connectivity index (χ3n) is 5.83. The van der Waals surface area contributed by atoms with Crippen LogP contribution in [0.4, 0.5) is 0 Å². The number of amides is 1. The number of aromatic nitrogens is 1. The first kappa shape index (κ1) is 17.7. The van der Waals surface area contributed by atoms with Crippen LogP contribution in [0.25, 0.3) is 10.9 Å². The number of carbonyl (C=O) groups excluding carboxylic acids is 1. The second kappa shape index (κ2) is 6.49. The van der Waals surface area contributed by atoms with Crippen molar-refractivity contribution in [1.82, 2.24) is 9.88 Å². The molecule has 2 atom stereocenters. The number of aromatic amines is 1. The number of nitrogens with one attached hydrogen (secondary N) is 1. The number of para-hydroxylation sites is 1. The molecule has 1 aliphatic carbocycles. The molecule has 1 amide bonds. The fourth-order valence-corrected chi connectivity index (χ4v) is 4.14. The number of carboxylic acid groups (broad SMARTS) is 1. The molecule has 7 heteroatoms. The van der Waals surface area contributed by atoms with Crippen LogP contribution in [0.2, 0.25) is 0 Å². The maximum absolute atomic E-state index is 13.2. The maximum Gasteiger partial charge on any atom is 0.314 e. The number of hydrogen-bond acceptors (Lipinski definition) is 4. The van der Waals surface area contributed by atoms with Crippen molar-refractivity contribution < 1.29 is 19.8 Å². The number of carbonyl (C=O) groups is 2. The molecule has 2 heterocycles. The Bertz CT molecular complexity index is 964. The number of benzene rings is 1. The first-order valence-corrected chi connectivity index (χ1v) is 9.23. The first-order valence-electron chi connectivity index (χ1n) is 9.23. The monoisotopic (exact) mass is 370 g/mol. The number of likely N-dealkylation sites (tertiary alicyclic amines) is 1. The fraction of sp³-hybridized carbons (Fsp3) is 0.450. The Kier molecular flexibility index (Phi) is 4.26. The second-order valence-electron chi connectivity index (χ2n) is 7.73. The molecule has 4 rings (SSSR count). The molecule has 1 saturated carbocycles. The SMILES string of the molecule is O=C(c1cc(=O)[nH]c2ccccc12)N1CC[C@@H](O)[C@](CC2CC2)(C(=O)O)C1. The zero-order chi connectivity index (χ0) is 19.2. The number of pyridine rings is 1. The molecule has 2 aliphatic rings. The minimum absolute atomic E-state index is 0.0417. The van der Waals surface area contributed by atoms with Crippen LogP contribution < -0.4 is 5.56 Å². The number of nitrogens with zero attached hydrogens (tertiary/aromatic N) is 1. The van der Waals surface area contributed by atoms with Crippen LogP contribution >= 0.6 is 0 Å². The molecule has 0 radical (unpaired) electrons. The van der Waals surface area contributed by atoms with Gasteiger partial charge in [-0.15, -0.1) is 0 Å². The molecule has 7 nitrogen and oxygen atoms in total. The second-order valence-corrected chi connectivity index (χ2v) is 7.73. The maximum atomic E-state index is 13.2. The van der Waals surface area contributed by atoms with Gasteiger partial charge in [-0.25, -0.2) is 0 Å². The topological polar surface area (TPSA) is 111 Å². The molecule has 1 saturated heterocycles. The van der Waals surface area contributed by atoms with Crippen LogP contribution in [0.1, 0.15) is 36.0 Å². The summed E-state index contributed by atoms with van der Waals surface area (Å²) in [5.74, 6) is -1.13. The van der Waals surface area contributed by atoms with Crippen molar-refractivity contribution in [2.75, 3.05) is 13.1 Å². The molecule has 2 fully saturated rings. The molecular formula is C20H22N2O5. The lowest BCUT2D eigenvalue weighted by Crippen LogP contribution is -2.57. The molecule has 0 spiro atoms. The zero-order valence-electron chi connectivity index (χ0n) is 14.9. The van der Waals surface area contributed by atoms with Gasteiger partial charge in [-0.3, -0.25) is 14.4 Å². The summed E-state index contributed by atoms with van der Waals surface area (Å²) >= 11 is 0. The Labute approximate surface area is 155 Å². The summed E-state index contributed by atoms with van der Waals surface area (Å²) in [6.45, 7) is 0.223. The number of piperidine rings is 1. The van der Waals surface area contributed by atoms with Gasteiger partial charge in [0, 0.05) is 30.1 Å². The summed E-state index contributed by atoms with van der Waals surface area (Å²) in [7, 11) is 0. The molecule has 2 aromatic rings. The molecule has 142 valence electrons. The number of hydrogen-bond donors (Lipinski definition) is 3. The molecule has 1 aromatic carbocycles. The highest BCUT2D eigenvalue weighted by molar-refractivity contribution is 6.06. The average molecular weight is 370 g/mol. The molecule has 27 heavy (non-hydrogen) atoms. The van der Waals surface area contributed by atoms with E-state index in [-0.39, 0.29) is 36.5 Å². The van der Waals surface area contributed by atoms with Gasteiger partial charge in [-0.1, -0.05) is 31.0 Å². The first-order chi connectivity index (χ1) is 12.9. The van der Waals surface area contributed by atoms with Gasteiger partial charge in [0.1, 0.15) is 5.41 Å². The van der Waals surface area contributed by atoms with Crippen LogP contribution in [-0.4, -0.2) is 51.2 Å². The predicted octanol–water partition coefficient (Wildman–Crippen LogP) is 1.61. The van der Waals surface area contributed by atoms with Gasteiger partial charge in [-0.2, -0.15) is 0 Å². The molecular weight excluding hydrogens is 348 g/mol. The van der Waals surface area contributed by atoms with E-state index in [1.165, 1.54) is 11.0 Å². The summed E-state index contributed by atoms with van der Waals surface area (Å²) in [4.78, 5) is 41.4. The van der Waals surface area contributed by atoms with Gasteiger partial charge in [0.15, 0.2) is 0 Å². The Hall–Kier alpha value is -2.67. The van der Waals surface area contributed by atoms with Gasteiger partial charge >= 0.3 is 5.97 Å². The van der Waals surface area contributed by atoms with Gasteiger partial charge < -0.3 is 20.1 Å². The Morgan fingerprint density at radius 1 is 1.22 bits per heavy atom. The number of aliphatic carboxylic acids is 1. The smallest absolute Gasteiger partial charge is 0.314 e. The highest BCUT2D eigenvalue weighted by Crippen LogP contribution is 2.45. The van der Waals surface area contributed by atoms with E-state index < -0.39 is 17.5 Å². The number of rotatable bonds is 4. The number of H-pyrrole nitrogens is 1. The predicted molar refractivity (Wildman–Crippen MR) is 98.5 cm³/mol. The highest BCUT2D eigenvalue weighted by atomic mass is 16.4. The lowest BCUT2D eigenvalue weighted by atomic mass is 9.73. The lowest BCUT2D eigenvalue weighted by Gasteiger charge is -2.43. The highest BCUT2D eigenvalue weighted by Gasteiger charge is 2.52. The fourth-order valence-electron chi connectivity index (χ4n) is 4.14. The molecule has 0 bridgehead atoms. The van der Waals surface area contributed by atoms with Crippen molar-refractivity contribution >= 4 is 22.8 Å². The van der Waals surface area contributed by atoms with Crippen LogP contribution in [0.3, 0.4) is 0 Å². The van der Waals surface area contributed by atoms with E-state index in [0.29, 0.717) is 23.2 Å². The van der Waals surface area contributed by atoms with Crippen LogP contribution in [-0.2, 0) is 4.79 Å². The average Bonchev–Trinajstić information content (AvgIpc) is 3.46. The van der Waals surface area contributed by atoms with Crippen LogP contribution in [0.15, 0.2) is 35.1 Å². The van der Waals surface area contributed by atoms with Crippen LogP contribution in [0, 0.1) is 11.3 Å². The van der Waals surface area contributed by atoms with Gasteiger partial charge in [0.25, 0.3) is 5.91 Å². The summed E-state index contributed by atoms with van der Waals surface area (Å²) in [6.07, 6.45) is 1.55. The number of aliphatic hydroxyl groups is 1. The van der Waals surface area contributed by atoms with Crippen LogP contribution in [0.5, 0.6) is 0 Å². The minimum atomic E-state index is -1.34. The van der Waals surface area contributed by atoms with Crippen molar-refractivity contribution in [2.24, 2.45) is 11.3 Å². The summed E-state index contributed by atoms with van der Waals surface area (Å²) in [5, 5.41) is 21.0. The van der Waals surface area contributed by atoms with Crippen molar-refractivity contribution in [2.45, 2.75) is 31.8 Å². The van der Waals surface area contributed by atoms with Crippen molar-refractivity contribution in [1.29, 1.82) is 0 Å². The quantitative estimate of drug-likeness (QED) is 0.757. The van der Waals surface area contributed by atoms with Crippen molar-refractivity contribution in [3.05, 3.63) is 46.2 Å². The standard InChI is InChI=1S/C20H22N2O5/c23-16-7-8-22(11-20(16,19(26)27)10-12-5-6-12)18(25)14-9-17(24)21-15-4-2-1-3-13(14)15/h1-4,9,12,16,23H,5-8,10-11H2,(H,21,24)(H,26,27)/t16-,20-/m1/s1. The van der Waals surface area contributed by atoms with Gasteiger partial charge in [0.2, 0.25) is 5.56 Å². The largest absolute Gasteiger partial charge is 0.481 e. The summed E-state index contributed by atoms with van der Waals surface area (Å²) < 4.78 is 0. The van der Waals surface area contributed by atoms with E-state index in [2.05, 4.69) is 4.98 Å². The van der Waals surface area contributed by atoms with E-state index in [1.54, 1.807) is 24.3 Å². The van der Waals surface area contributed by atoms with Gasteiger partial charge in [0.05, 0.1) is 11.7 Å². The normalized spacial score (nSPS) is 25.5. The van der Waals surface area contributed by atoms with E-state index in [4.69, 9.17) is 0 Å². The number of fused-ring (bicyclic) bond motifs is 1. The van der Waals surface area contributed by atoms with E-state index in [1.807, 2.05) is 0 Å². The molecule has 1 aromatic heterocycles. The van der Waals surface area contributed by atoms with E-state index in [0.717, 1.165) is 12.8 Å².